The van der Waals surface area contributed by atoms with Crippen molar-refractivity contribution in [1.82, 2.24) is 0 Å². The summed E-state index contributed by atoms with van der Waals surface area (Å²) >= 11 is 9.55. The first-order valence-electron chi connectivity index (χ1n) is 2.95. The summed E-state index contributed by atoms with van der Waals surface area (Å²) < 4.78 is 10.3. The Labute approximate surface area is 78.5 Å². The lowest BCUT2D eigenvalue weighted by atomic mass is 10.4. The van der Waals surface area contributed by atoms with E-state index in [1.54, 1.807) is 24.3 Å². The van der Waals surface area contributed by atoms with Crippen molar-refractivity contribution in [3.63, 3.8) is 0 Å². The fourth-order valence-electron chi connectivity index (χ4n) is 0.657. The highest BCUT2D eigenvalue weighted by atomic mass is 35.5. The monoisotopic (exact) mass is 208 g/mol. The zero-order valence-corrected chi connectivity index (χ0v) is 7.86. The first kappa shape index (κ1) is 9.20. The van der Waals surface area contributed by atoms with Gasteiger partial charge in [0.05, 0.1) is 0 Å². The normalized spacial score (nSPS) is 13.5. The maximum Gasteiger partial charge on any atom is 0.268 e. The predicted octanol–water partition coefficient (Wildman–Crippen LogP) is 2.56. The SMILES string of the molecule is [O-][S+](c1ccccc1)C(Cl)Cl. The van der Waals surface area contributed by atoms with E-state index in [9.17, 15) is 4.55 Å². The molecule has 11 heavy (non-hydrogen) atoms. The molecule has 0 heterocycles. The molecule has 60 valence electrons. The summed E-state index contributed by atoms with van der Waals surface area (Å²) in [5, 5.41) is 0. The lowest BCUT2D eigenvalue weighted by Crippen LogP contribution is -2.08. The van der Waals surface area contributed by atoms with Crippen molar-refractivity contribution in [3.05, 3.63) is 30.3 Å². The molecule has 1 atom stereocenters. The molecule has 0 spiro atoms. The topological polar surface area (TPSA) is 23.1 Å². The largest absolute Gasteiger partial charge is 0.609 e. The van der Waals surface area contributed by atoms with Gasteiger partial charge >= 0.3 is 0 Å². The second-order valence-corrected chi connectivity index (χ2v) is 5.02. The van der Waals surface area contributed by atoms with E-state index in [-0.39, 0.29) is 0 Å². The second-order valence-electron chi connectivity index (χ2n) is 1.87. The molecule has 0 aliphatic heterocycles. The van der Waals surface area contributed by atoms with Crippen molar-refractivity contribution < 1.29 is 4.55 Å². The van der Waals surface area contributed by atoms with E-state index in [0.29, 0.717) is 4.90 Å². The molecule has 1 aromatic carbocycles. The molecule has 0 bridgehead atoms. The molecule has 4 heteroatoms. The van der Waals surface area contributed by atoms with Gasteiger partial charge in [-0.15, -0.1) is 0 Å². The van der Waals surface area contributed by atoms with Crippen LogP contribution in [-0.4, -0.2) is 8.72 Å². The van der Waals surface area contributed by atoms with E-state index in [0.717, 1.165) is 0 Å². The van der Waals surface area contributed by atoms with Gasteiger partial charge in [-0.25, -0.2) is 0 Å². The fraction of sp³-hybridized carbons (Fsp3) is 0.143. The zero-order valence-electron chi connectivity index (χ0n) is 5.54. The summed E-state index contributed by atoms with van der Waals surface area (Å²) in [5.74, 6) is 0. The highest BCUT2D eigenvalue weighted by Crippen LogP contribution is 2.20. The van der Waals surface area contributed by atoms with E-state index in [2.05, 4.69) is 0 Å². The third-order valence-corrected chi connectivity index (χ3v) is 3.17. The Bertz CT molecular complexity index is 215. The van der Waals surface area contributed by atoms with Crippen LogP contribution >= 0.6 is 23.2 Å². The zero-order chi connectivity index (χ0) is 8.27. The Hall–Kier alpha value is 0.110. The van der Waals surface area contributed by atoms with Crippen molar-refractivity contribution in [2.45, 2.75) is 9.06 Å². The number of rotatable bonds is 2. The first-order valence-corrected chi connectivity index (χ1v) is 5.04. The molecule has 0 aliphatic carbocycles. The predicted molar refractivity (Wildman–Crippen MR) is 48.3 cm³/mol. The molecule has 1 aromatic rings. The van der Waals surface area contributed by atoms with Crippen molar-refractivity contribution in [2.24, 2.45) is 0 Å². The van der Waals surface area contributed by atoms with Crippen LogP contribution in [0.3, 0.4) is 0 Å². The summed E-state index contributed by atoms with van der Waals surface area (Å²) in [5.41, 5.74) is 0. The van der Waals surface area contributed by atoms with Crippen molar-refractivity contribution >= 4 is 34.4 Å². The van der Waals surface area contributed by atoms with E-state index >= 15 is 0 Å². The minimum atomic E-state index is -1.30. The molecule has 0 aromatic heterocycles. The average molecular weight is 209 g/mol. The number of hydrogen-bond acceptors (Lipinski definition) is 1. The quantitative estimate of drug-likeness (QED) is 0.542. The van der Waals surface area contributed by atoms with Gasteiger partial charge in [-0.05, 0) is 35.3 Å². The minimum Gasteiger partial charge on any atom is -0.609 e. The Morgan fingerprint density at radius 3 is 2.18 bits per heavy atom. The molecule has 0 N–H and O–H groups in total. The smallest absolute Gasteiger partial charge is 0.268 e. The van der Waals surface area contributed by atoms with E-state index in [1.807, 2.05) is 6.07 Å². The summed E-state index contributed by atoms with van der Waals surface area (Å²) in [6.07, 6.45) is 0. The van der Waals surface area contributed by atoms with Gasteiger partial charge in [0, 0.05) is 11.2 Å². The van der Waals surface area contributed by atoms with Crippen LogP contribution in [0.4, 0.5) is 0 Å². The molecular weight excluding hydrogens is 203 g/mol. The van der Waals surface area contributed by atoms with Gasteiger partial charge in [0.1, 0.15) is 0 Å². The number of halogens is 2. The van der Waals surface area contributed by atoms with Gasteiger partial charge in [-0.1, -0.05) is 18.2 Å². The third-order valence-electron chi connectivity index (χ3n) is 1.14. The molecule has 0 fully saturated rings. The Morgan fingerprint density at radius 1 is 1.18 bits per heavy atom. The molecule has 0 aliphatic rings. The maximum atomic E-state index is 11.2. The molecule has 0 radical (unpaired) electrons. The standard InChI is InChI=1S/C7H6Cl2OS/c8-7(9)11(10)6-4-2-1-3-5-6/h1-5,7H. The summed E-state index contributed by atoms with van der Waals surface area (Å²) in [4.78, 5) is 0.655. The summed E-state index contributed by atoms with van der Waals surface area (Å²) in [6, 6.07) is 8.90. The van der Waals surface area contributed by atoms with Crippen LogP contribution in [0, 0.1) is 0 Å². The second kappa shape index (κ2) is 4.21. The van der Waals surface area contributed by atoms with Crippen LogP contribution in [0.15, 0.2) is 35.2 Å². The first-order chi connectivity index (χ1) is 5.22. The summed E-state index contributed by atoms with van der Waals surface area (Å²) in [6.45, 7) is 0. The van der Waals surface area contributed by atoms with Crippen LogP contribution in [-0.2, 0) is 11.2 Å². The molecule has 1 unspecified atom stereocenters. The number of alkyl halides is 2. The Kier molecular flexibility index (Phi) is 3.52. The van der Waals surface area contributed by atoms with Crippen LogP contribution in [0.25, 0.3) is 0 Å². The highest BCUT2D eigenvalue weighted by Gasteiger charge is 2.18. The minimum absolute atomic E-state index is 0.655. The van der Waals surface area contributed by atoms with E-state index < -0.39 is 15.3 Å². The van der Waals surface area contributed by atoms with Crippen LogP contribution in [0.5, 0.6) is 0 Å². The molecular formula is C7H6Cl2OS. The van der Waals surface area contributed by atoms with Crippen molar-refractivity contribution in [3.8, 4) is 0 Å². The van der Waals surface area contributed by atoms with Gasteiger partial charge in [0.25, 0.3) is 4.17 Å². The van der Waals surface area contributed by atoms with Gasteiger partial charge in [0.15, 0.2) is 4.90 Å². The van der Waals surface area contributed by atoms with Gasteiger partial charge in [0.2, 0.25) is 0 Å². The number of benzene rings is 1. The molecule has 1 rings (SSSR count). The van der Waals surface area contributed by atoms with Gasteiger partial charge in [-0.3, -0.25) is 0 Å². The average Bonchev–Trinajstić information content (AvgIpc) is 2.05. The molecule has 1 nitrogen and oxygen atoms in total. The number of hydrogen-bond donors (Lipinski definition) is 0. The fourth-order valence-corrected chi connectivity index (χ4v) is 1.91. The molecule has 0 amide bonds. The molecule has 0 saturated heterocycles. The van der Waals surface area contributed by atoms with E-state index in [1.165, 1.54) is 0 Å². The van der Waals surface area contributed by atoms with Gasteiger partial charge < -0.3 is 4.55 Å². The maximum absolute atomic E-state index is 11.2. The van der Waals surface area contributed by atoms with Crippen LogP contribution in [0.2, 0.25) is 0 Å². The lowest BCUT2D eigenvalue weighted by molar-refractivity contribution is 0.597. The van der Waals surface area contributed by atoms with Crippen molar-refractivity contribution in [2.75, 3.05) is 0 Å². The lowest BCUT2D eigenvalue weighted by Gasteiger charge is -2.09. The van der Waals surface area contributed by atoms with E-state index in [4.69, 9.17) is 23.2 Å². The molecule has 0 saturated carbocycles. The Morgan fingerprint density at radius 2 is 1.73 bits per heavy atom. The van der Waals surface area contributed by atoms with Crippen LogP contribution < -0.4 is 0 Å². The third kappa shape index (κ3) is 2.56. The summed E-state index contributed by atoms with van der Waals surface area (Å²) in [7, 11) is 0. The van der Waals surface area contributed by atoms with Crippen molar-refractivity contribution in [1.29, 1.82) is 0 Å². The van der Waals surface area contributed by atoms with Gasteiger partial charge in [-0.2, -0.15) is 0 Å². The Balaban J connectivity index is 2.77. The highest BCUT2D eigenvalue weighted by molar-refractivity contribution is 7.94. The van der Waals surface area contributed by atoms with Crippen LogP contribution in [0.1, 0.15) is 0 Å².